The summed E-state index contributed by atoms with van der Waals surface area (Å²) in [7, 11) is 0. The Hall–Kier alpha value is -0.980. The lowest BCUT2D eigenvalue weighted by molar-refractivity contribution is 1.11. The topological polar surface area (TPSA) is 12.0 Å². The first-order chi connectivity index (χ1) is 3.79. The zero-order valence-corrected chi connectivity index (χ0v) is 3.94. The van der Waals surface area contributed by atoms with Gasteiger partial charge >= 0.3 is 0 Å². The van der Waals surface area contributed by atoms with Crippen molar-refractivity contribution in [2.24, 2.45) is 0 Å². The van der Waals surface area contributed by atoms with E-state index in [9.17, 15) is 0 Å². The van der Waals surface area contributed by atoms with E-state index in [1.54, 1.807) is 18.4 Å². The largest absolute Gasteiger partial charge is 0.362 e. The van der Waals surface area contributed by atoms with Crippen molar-refractivity contribution < 1.29 is 1.37 Å². The molecule has 0 aliphatic carbocycles. The van der Waals surface area contributed by atoms with E-state index in [1.807, 2.05) is 0 Å². The molecule has 0 amide bonds. The Morgan fingerprint density at radius 2 is 2.71 bits per heavy atom. The lowest BCUT2D eigenvalue weighted by Gasteiger charge is -1.99. The lowest BCUT2D eigenvalue weighted by atomic mass is 10.3. The van der Waals surface area contributed by atoms with E-state index in [2.05, 4.69) is 11.9 Å². The summed E-state index contributed by atoms with van der Waals surface area (Å²) in [4.78, 5) is 0. The maximum Gasteiger partial charge on any atom is 0.0624 e. The van der Waals surface area contributed by atoms with Gasteiger partial charge in [0.1, 0.15) is 0 Å². The van der Waals surface area contributed by atoms with Crippen molar-refractivity contribution in [3.8, 4) is 0 Å². The highest BCUT2D eigenvalue weighted by molar-refractivity contribution is 5.23. The fourth-order valence-electron chi connectivity index (χ4n) is 0.387. The van der Waals surface area contributed by atoms with E-state index in [-0.39, 0.29) is 0 Å². The van der Waals surface area contributed by atoms with Crippen molar-refractivity contribution in [1.82, 2.24) is 5.32 Å². The van der Waals surface area contributed by atoms with Gasteiger partial charge in [0, 0.05) is 11.9 Å². The molecular formula is C6H7N. The molecule has 0 aromatic rings. The molecule has 1 aliphatic rings. The molecule has 36 valence electrons. The minimum absolute atomic E-state index is 0.494. The molecule has 0 spiro atoms. The van der Waals surface area contributed by atoms with Crippen LogP contribution in [0.1, 0.15) is 1.37 Å². The van der Waals surface area contributed by atoms with Gasteiger partial charge in [-0.05, 0) is 12.2 Å². The van der Waals surface area contributed by atoms with Gasteiger partial charge in [0.25, 0.3) is 0 Å². The van der Waals surface area contributed by atoms with E-state index in [1.165, 1.54) is 0 Å². The molecule has 0 saturated carbocycles. The zero-order valence-electron chi connectivity index (χ0n) is 4.94. The highest BCUT2D eigenvalue weighted by Crippen LogP contribution is 1.92. The first-order valence-corrected chi connectivity index (χ1v) is 2.09. The van der Waals surface area contributed by atoms with Crippen molar-refractivity contribution in [2.75, 3.05) is 0 Å². The third-order valence-electron chi connectivity index (χ3n) is 0.706. The molecule has 0 bridgehead atoms. The SMILES string of the molecule is [3H]C1=CC(=C)NC=C1. The van der Waals surface area contributed by atoms with Gasteiger partial charge in [-0.25, -0.2) is 0 Å². The maximum absolute atomic E-state index is 7.08. The van der Waals surface area contributed by atoms with Crippen molar-refractivity contribution >= 4 is 0 Å². The van der Waals surface area contributed by atoms with Crippen molar-refractivity contribution in [3.05, 3.63) is 36.7 Å². The average Bonchev–Trinajstić information content (AvgIpc) is 1.64. The molecular weight excluding hydrogens is 86.1 g/mol. The van der Waals surface area contributed by atoms with E-state index >= 15 is 0 Å². The maximum atomic E-state index is 7.08. The number of nitrogens with one attached hydrogen (secondary N) is 1. The Kier molecular flexibility index (Phi) is 0.724. The molecule has 1 nitrogen and oxygen atoms in total. The van der Waals surface area contributed by atoms with Crippen LogP contribution in [0, 0.1) is 0 Å². The van der Waals surface area contributed by atoms with Gasteiger partial charge < -0.3 is 5.32 Å². The minimum atomic E-state index is 0.494. The van der Waals surface area contributed by atoms with Gasteiger partial charge in [0.15, 0.2) is 0 Å². The highest BCUT2D eigenvalue weighted by atomic mass is 14.8. The summed E-state index contributed by atoms with van der Waals surface area (Å²) in [5.41, 5.74) is 0.775. The second kappa shape index (κ2) is 1.65. The Morgan fingerprint density at radius 1 is 1.86 bits per heavy atom. The minimum Gasteiger partial charge on any atom is -0.362 e. The number of hydrogen-bond acceptors (Lipinski definition) is 1. The van der Waals surface area contributed by atoms with Crippen molar-refractivity contribution in [3.63, 3.8) is 0 Å². The molecule has 0 aromatic carbocycles. The third-order valence-corrected chi connectivity index (χ3v) is 0.706. The van der Waals surface area contributed by atoms with Gasteiger partial charge in [0.2, 0.25) is 0 Å². The summed E-state index contributed by atoms with van der Waals surface area (Å²) in [6, 6.07) is 0.494. The van der Waals surface area contributed by atoms with Crippen LogP contribution in [0.2, 0.25) is 0 Å². The fourth-order valence-corrected chi connectivity index (χ4v) is 0.387. The van der Waals surface area contributed by atoms with Crippen LogP contribution in [0.5, 0.6) is 0 Å². The number of hydrogen-bond donors (Lipinski definition) is 1. The zero-order chi connectivity index (χ0) is 5.98. The first-order valence-electron chi connectivity index (χ1n) is 2.59. The van der Waals surface area contributed by atoms with E-state index in [0.29, 0.717) is 6.05 Å². The highest BCUT2D eigenvalue weighted by Gasteiger charge is 1.81. The Bertz CT molecular complexity index is 167. The van der Waals surface area contributed by atoms with Gasteiger partial charge in [-0.3, -0.25) is 0 Å². The van der Waals surface area contributed by atoms with Gasteiger partial charge in [-0.1, -0.05) is 12.6 Å². The summed E-state index contributed by atoms with van der Waals surface area (Å²) in [6.07, 6.45) is 5.04. The van der Waals surface area contributed by atoms with Gasteiger partial charge in [-0.2, -0.15) is 0 Å². The van der Waals surface area contributed by atoms with Crippen LogP contribution >= 0.6 is 0 Å². The predicted octanol–water partition coefficient (Wildman–Crippen LogP) is 1.17. The summed E-state index contributed by atoms with van der Waals surface area (Å²) >= 11 is 0. The van der Waals surface area contributed by atoms with Crippen LogP contribution in [-0.4, -0.2) is 0 Å². The molecule has 1 heteroatoms. The summed E-state index contributed by atoms with van der Waals surface area (Å²) in [5, 5.41) is 2.84. The molecule has 1 heterocycles. The van der Waals surface area contributed by atoms with E-state index < -0.39 is 0 Å². The smallest absolute Gasteiger partial charge is 0.0624 e. The van der Waals surface area contributed by atoms with E-state index in [0.717, 1.165) is 5.70 Å². The Labute approximate surface area is 44.4 Å². The quantitative estimate of drug-likeness (QED) is 0.476. The average molecular weight is 95.1 g/mol. The second-order valence-corrected chi connectivity index (χ2v) is 1.31. The molecule has 0 saturated heterocycles. The number of dihydropyridines is 1. The number of allylic oxidation sites excluding steroid dienone is 3. The Balaban J connectivity index is 2.77. The van der Waals surface area contributed by atoms with E-state index in [4.69, 9.17) is 1.37 Å². The van der Waals surface area contributed by atoms with Crippen LogP contribution in [0.4, 0.5) is 0 Å². The molecule has 0 atom stereocenters. The molecule has 0 unspecified atom stereocenters. The van der Waals surface area contributed by atoms with Crippen molar-refractivity contribution in [2.45, 2.75) is 0 Å². The van der Waals surface area contributed by atoms with Crippen LogP contribution in [0.15, 0.2) is 36.7 Å². The molecule has 0 radical (unpaired) electrons. The van der Waals surface area contributed by atoms with Crippen molar-refractivity contribution in [1.29, 1.82) is 0 Å². The monoisotopic (exact) mass is 95.1 g/mol. The van der Waals surface area contributed by atoms with Gasteiger partial charge in [0.05, 0.1) is 1.37 Å². The fraction of sp³-hybridized carbons (Fsp3) is 0. The van der Waals surface area contributed by atoms with Crippen LogP contribution in [0.3, 0.4) is 0 Å². The summed E-state index contributed by atoms with van der Waals surface area (Å²) in [6.45, 7) is 3.61. The van der Waals surface area contributed by atoms with Crippen LogP contribution in [0.25, 0.3) is 0 Å². The lowest BCUT2D eigenvalue weighted by Crippen LogP contribution is -2.01. The molecule has 7 heavy (non-hydrogen) atoms. The normalized spacial score (nSPS) is 20.3. The summed E-state index contributed by atoms with van der Waals surface area (Å²) < 4.78 is 7.08. The first kappa shape index (κ1) is 3.08. The second-order valence-electron chi connectivity index (χ2n) is 1.31. The molecule has 1 N–H and O–H groups in total. The van der Waals surface area contributed by atoms with Gasteiger partial charge in [-0.15, -0.1) is 0 Å². The third kappa shape index (κ3) is 0.929. The Morgan fingerprint density at radius 3 is 3.14 bits per heavy atom. The van der Waals surface area contributed by atoms with Crippen LogP contribution in [-0.2, 0) is 0 Å². The molecule has 0 aromatic heterocycles. The standard InChI is InChI=1S/C6H7N/c1-6-4-2-3-5-7-6/h2-5,7H,1H2/i2T. The summed E-state index contributed by atoms with van der Waals surface area (Å²) in [5.74, 6) is 0. The predicted molar refractivity (Wildman–Crippen MR) is 30.6 cm³/mol. The number of rotatable bonds is 0. The molecule has 1 aliphatic heterocycles. The van der Waals surface area contributed by atoms with Crippen LogP contribution < -0.4 is 5.32 Å². The molecule has 1 rings (SSSR count). The molecule has 0 fully saturated rings.